The number of hydrogen-bond donors (Lipinski definition) is 1. The summed E-state index contributed by atoms with van der Waals surface area (Å²) in [6.07, 6.45) is 1.75. The third-order valence-electron chi connectivity index (χ3n) is 2.08. The highest BCUT2D eigenvalue weighted by Crippen LogP contribution is 2.23. The molecule has 0 spiro atoms. The van der Waals surface area contributed by atoms with Crippen molar-refractivity contribution in [1.82, 2.24) is 5.32 Å². The van der Waals surface area contributed by atoms with E-state index in [1.54, 1.807) is 6.08 Å². The van der Waals surface area contributed by atoms with E-state index < -0.39 is 0 Å². The first-order chi connectivity index (χ1) is 7.63. The molecule has 0 aliphatic carbocycles. The van der Waals surface area contributed by atoms with E-state index >= 15 is 0 Å². The Balaban J connectivity index is 0.00000256. The van der Waals surface area contributed by atoms with Gasteiger partial charge >= 0.3 is 0 Å². The van der Waals surface area contributed by atoms with Crippen molar-refractivity contribution in [1.29, 1.82) is 0 Å². The molecule has 0 saturated carbocycles. The Hall–Kier alpha value is -0.510. The van der Waals surface area contributed by atoms with Crippen molar-refractivity contribution in [3.8, 4) is 5.75 Å². The van der Waals surface area contributed by atoms with Crippen LogP contribution in [0.2, 0.25) is 0 Å². The van der Waals surface area contributed by atoms with E-state index in [1.807, 2.05) is 12.1 Å². The van der Waals surface area contributed by atoms with Gasteiger partial charge in [-0.2, -0.15) is 0 Å². The summed E-state index contributed by atoms with van der Waals surface area (Å²) in [5.41, 5.74) is 1.16. The molecule has 0 bridgehead atoms. The monoisotopic (exact) mass is 319 g/mol. The normalized spacial score (nSPS) is 9.88. The molecule has 96 valence electrons. The van der Waals surface area contributed by atoms with Crippen molar-refractivity contribution in [3.63, 3.8) is 0 Å². The lowest BCUT2D eigenvalue weighted by Crippen LogP contribution is -2.22. The highest BCUT2D eigenvalue weighted by atomic mass is 79.9. The summed E-state index contributed by atoms with van der Waals surface area (Å²) in [5, 5.41) is 3.38. The van der Waals surface area contributed by atoms with E-state index in [0.29, 0.717) is 12.6 Å². The van der Waals surface area contributed by atoms with Crippen LogP contribution in [0.25, 0.3) is 0 Å². The van der Waals surface area contributed by atoms with Crippen LogP contribution in [0.1, 0.15) is 19.4 Å². The van der Waals surface area contributed by atoms with Gasteiger partial charge in [0.05, 0.1) is 0 Å². The zero-order valence-corrected chi connectivity index (χ0v) is 12.6. The summed E-state index contributed by atoms with van der Waals surface area (Å²) in [7, 11) is 0. The molecule has 0 aliphatic heterocycles. The van der Waals surface area contributed by atoms with Gasteiger partial charge in [0.15, 0.2) is 0 Å². The van der Waals surface area contributed by atoms with Crippen LogP contribution in [0, 0.1) is 0 Å². The zero-order chi connectivity index (χ0) is 12.0. The molecule has 1 aromatic carbocycles. The molecule has 2 nitrogen and oxygen atoms in total. The van der Waals surface area contributed by atoms with E-state index in [2.05, 4.69) is 47.7 Å². The average Bonchev–Trinajstić information content (AvgIpc) is 2.25. The standard InChI is InChI=1S/C13H18BrNO.ClH/c1-4-7-16-13-6-5-12(14)8-11(13)9-15-10(2)3;/h4-6,8,10,15H,1,7,9H2,2-3H3;1H. The number of hydrogen-bond acceptors (Lipinski definition) is 2. The van der Waals surface area contributed by atoms with E-state index in [4.69, 9.17) is 4.74 Å². The molecular formula is C13H19BrClNO. The molecule has 0 unspecified atom stereocenters. The summed E-state index contributed by atoms with van der Waals surface area (Å²) < 4.78 is 6.66. The maximum absolute atomic E-state index is 5.59. The lowest BCUT2D eigenvalue weighted by Gasteiger charge is -2.13. The fraction of sp³-hybridized carbons (Fsp3) is 0.385. The Labute approximate surface area is 118 Å². The second-order valence-corrected chi connectivity index (χ2v) is 4.80. The summed E-state index contributed by atoms with van der Waals surface area (Å²) in [4.78, 5) is 0. The van der Waals surface area contributed by atoms with Crippen molar-refractivity contribution in [2.24, 2.45) is 0 Å². The average molecular weight is 321 g/mol. The third-order valence-corrected chi connectivity index (χ3v) is 2.57. The quantitative estimate of drug-likeness (QED) is 0.802. The zero-order valence-electron chi connectivity index (χ0n) is 10.2. The molecule has 0 saturated heterocycles. The van der Waals surface area contributed by atoms with E-state index in [9.17, 15) is 0 Å². The maximum atomic E-state index is 5.59. The molecule has 0 fully saturated rings. The molecule has 0 atom stereocenters. The van der Waals surface area contributed by atoms with Crippen molar-refractivity contribution in [3.05, 3.63) is 40.9 Å². The fourth-order valence-corrected chi connectivity index (χ4v) is 1.70. The number of benzene rings is 1. The first-order valence-corrected chi connectivity index (χ1v) is 6.18. The number of halogens is 2. The van der Waals surface area contributed by atoms with Gasteiger partial charge in [0, 0.05) is 22.6 Å². The lowest BCUT2D eigenvalue weighted by atomic mass is 10.2. The molecule has 0 aliphatic rings. The molecule has 0 aromatic heterocycles. The van der Waals surface area contributed by atoms with E-state index in [-0.39, 0.29) is 12.4 Å². The smallest absolute Gasteiger partial charge is 0.124 e. The molecular weight excluding hydrogens is 302 g/mol. The number of nitrogens with one attached hydrogen (secondary N) is 1. The molecule has 17 heavy (non-hydrogen) atoms. The Morgan fingerprint density at radius 1 is 1.47 bits per heavy atom. The van der Waals surface area contributed by atoms with Crippen LogP contribution in [-0.4, -0.2) is 12.6 Å². The SMILES string of the molecule is C=CCOc1ccc(Br)cc1CNC(C)C.Cl. The number of rotatable bonds is 6. The minimum absolute atomic E-state index is 0. The van der Waals surface area contributed by atoms with Crippen LogP contribution in [0.4, 0.5) is 0 Å². The van der Waals surface area contributed by atoms with Crippen molar-refractivity contribution in [2.75, 3.05) is 6.61 Å². The topological polar surface area (TPSA) is 21.3 Å². The van der Waals surface area contributed by atoms with Gasteiger partial charge in [0.2, 0.25) is 0 Å². The largest absolute Gasteiger partial charge is 0.489 e. The third kappa shape index (κ3) is 6.10. The summed E-state index contributed by atoms with van der Waals surface area (Å²) in [6, 6.07) is 6.50. The first-order valence-electron chi connectivity index (χ1n) is 5.39. The molecule has 0 amide bonds. The van der Waals surface area contributed by atoms with Gasteiger partial charge in [-0.15, -0.1) is 12.4 Å². The minimum atomic E-state index is 0. The number of ether oxygens (including phenoxy) is 1. The van der Waals surface area contributed by atoms with Gasteiger partial charge < -0.3 is 10.1 Å². The lowest BCUT2D eigenvalue weighted by molar-refractivity contribution is 0.357. The summed E-state index contributed by atoms with van der Waals surface area (Å²) >= 11 is 3.47. The van der Waals surface area contributed by atoms with E-state index in [0.717, 1.165) is 22.3 Å². The second kappa shape index (κ2) is 8.56. The fourth-order valence-electron chi connectivity index (χ4n) is 1.29. The molecule has 0 radical (unpaired) electrons. The second-order valence-electron chi connectivity index (χ2n) is 3.89. The maximum Gasteiger partial charge on any atom is 0.124 e. The van der Waals surface area contributed by atoms with Gasteiger partial charge in [-0.1, -0.05) is 42.4 Å². The Morgan fingerprint density at radius 2 is 2.18 bits per heavy atom. The van der Waals surface area contributed by atoms with Crippen LogP contribution in [0.5, 0.6) is 5.75 Å². The highest BCUT2D eigenvalue weighted by Gasteiger charge is 2.04. The van der Waals surface area contributed by atoms with Crippen LogP contribution in [0.15, 0.2) is 35.3 Å². The Morgan fingerprint density at radius 3 is 2.76 bits per heavy atom. The van der Waals surface area contributed by atoms with Crippen LogP contribution in [-0.2, 0) is 6.54 Å². The predicted molar refractivity (Wildman–Crippen MR) is 79.1 cm³/mol. The highest BCUT2D eigenvalue weighted by molar-refractivity contribution is 9.10. The molecule has 1 rings (SSSR count). The van der Waals surface area contributed by atoms with Gasteiger partial charge in [0.25, 0.3) is 0 Å². The van der Waals surface area contributed by atoms with Crippen LogP contribution < -0.4 is 10.1 Å². The van der Waals surface area contributed by atoms with Crippen LogP contribution >= 0.6 is 28.3 Å². The van der Waals surface area contributed by atoms with Gasteiger partial charge in [-0.3, -0.25) is 0 Å². The Kier molecular flexibility index (Phi) is 8.30. The Bertz CT molecular complexity index is 355. The molecule has 1 N–H and O–H groups in total. The van der Waals surface area contributed by atoms with Gasteiger partial charge in [0.1, 0.15) is 12.4 Å². The summed E-state index contributed by atoms with van der Waals surface area (Å²) in [5.74, 6) is 0.913. The van der Waals surface area contributed by atoms with Crippen molar-refractivity contribution >= 4 is 28.3 Å². The van der Waals surface area contributed by atoms with Gasteiger partial charge in [-0.05, 0) is 18.2 Å². The first kappa shape index (κ1) is 16.5. The predicted octanol–water partition coefficient (Wildman–Crippen LogP) is 3.93. The van der Waals surface area contributed by atoms with Crippen LogP contribution in [0.3, 0.4) is 0 Å². The van der Waals surface area contributed by atoms with Gasteiger partial charge in [-0.25, -0.2) is 0 Å². The van der Waals surface area contributed by atoms with Crippen molar-refractivity contribution < 1.29 is 4.74 Å². The minimum Gasteiger partial charge on any atom is -0.489 e. The molecule has 0 heterocycles. The molecule has 1 aromatic rings. The molecule has 4 heteroatoms. The summed E-state index contributed by atoms with van der Waals surface area (Å²) in [6.45, 7) is 9.25. The van der Waals surface area contributed by atoms with Crippen molar-refractivity contribution in [2.45, 2.75) is 26.4 Å². The van der Waals surface area contributed by atoms with E-state index in [1.165, 1.54) is 0 Å².